The molecule has 1 fully saturated rings. The van der Waals surface area contributed by atoms with Crippen LogP contribution in [0.3, 0.4) is 0 Å². The SMILES string of the molecule is Cc1cc(NS(C)(=O)=O)c(C#N)cc1C(C)CN1CCN(c2cc(CCC(C)c3cccc(S(C)(=O)=O)c3)c(C(C)C)cc2C#N)CC1C. The van der Waals surface area contributed by atoms with E-state index in [2.05, 4.69) is 73.4 Å². The van der Waals surface area contributed by atoms with Gasteiger partial charge in [0.15, 0.2) is 9.84 Å². The Morgan fingerprint density at radius 3 is 2.16 bits per heavy atom. The molecule has 49 heavy (non-hydrogen) atoms. The molecule has 3 unspecified atom stereocenters. The first-order valence-corrected chi connectivity index (χ1v) is 20.6. The highest BCUT2D eigenvalue weighted by molar-refractivity contribution is 7.92. The molecule has 9 nitrogen and oxygen atoms in total. The number of nitrogens with zero attached hydrogens (tertiary/aromatic N) is 4. The average molecular weight is 704 g/mol. The third-order valence-corrected chi connectivity index (χ3v) is 11.4. The molecule has 11 heteroatoms. The first kappa shape index (κ1) is 37.9. The van der Waals surface area contributed by atoms with Crippen molar-refractivity contribution in [2.45, 2.75) is 83.1 Å². The lowest BCUT2D eigenvalue weighted by Gasteiger charge is -2.42. The van der Waals surface area contributed by atoms with E-state index < -0.39 is 19.9 Å². The zero-order valence-corrected chi connectivity index (χ0v) is 31.5. The lowest BCUT2D eigenvalue weighted by atomic mass is 9.88. The highest BCUT2D eigenvalue weighted by Gasteiger charge is 2.28. The van der Waals surface area contributed by atoms with Gasteiger partial charge in [0.1, 0.15) is 12.1 Å². The topological polar surface area (TPSA) is 134 Å². The minimum Gasteiger partial charge on any atom is -0.368 e. The van der Waals surface area contributed by atoms with Gasteiger partial charge in [0.2, 0.25) is 10.0 Å². The summed E-state index contributed by atoms with van der Waals surface area (Å²) < 4.78 is 50.4. The van der Waals surface area contributed by atoms with Gasteiger partial charge in [-0.2, -0.15) is 10.5 Å². The maximum Gasteiger partial charge on any atom is 0.229 e. The molecule has 0 aromatic heterocycles. The smallest absolute Gasteiger partial charge is 0.229 e. The van der Waals surface area contributed by atoms with E-state index in [1.54, 1.807) is 24.3 Å². The standard InChI is InChI=1S/C38H49N5O4S2/c1-25(2)35-19-33(22-40)38(20-31(35)13-12-26(3)30-10-9-11-34(17-30)48(7,44)45)43-15-14-42(29(6)24-43)23-28(5)36-18-32(21-39)37(16-27(36)4)41-49(8,46)47/h9-11,16-20,25-26,28-29,41H,12-15,23-24H2,1-8H3. The Bertz CT molecular complexity index is 1990. The van der Waals surface area contributed by atoms with Crippen LogP contribution in [0.15, 0.2) is 53.4 Å². The molecule has 3 aromatic rings. The van der Waals surface area contributed by atoms with Crippen LogP contribution < -0.4 is 9.62 Å². The summed E-state index contributed by atoms with van der Waals surface area (Å²) in [5.41, 5.74) is 7.57. The van der Waals surface area contributed by atoms with E-state index in [9.17, 15) is 27.4 Å². The van der Waals surface area contributed by atoms with Crippen molar-refractivity contribution in [1.82, 2.24) is 4.90 Å². The number of anilines is 2. The van der Waals surface area contributed by atoms with Crippen LogP contribution in [0.2, 0.25) is 0 Å². The lowest BCUT2D eigenvalue weighted by molar-refractivity contribution is 0.180. The minimum atomic E-state index is -3.51. The molecule has 0 spiro atoms. The maximum atomic E-state index is 12.1. The number of sulfone groups is 1. The average Bonchev–Trinajstić information content (AvgIpc) is 3.03. The highest BCUT2D eigenvalue weighted by Crippen LogP contribution is 2.34. The molecule has 0 amide bonds. The van der Waals surface area contributed by atoms with Gasteiger partial charge in [0, 0.05) is 38.5 Å². The Balaban J connectivity index is 1.51. The van der Waals surface area contributed by atoms with E-state index in [-0.39, 0.29) is 23.8 Å². The molecule has 1 heterocycles. The molecule has 0 radical (unpaired) electrons. The quantitative estimate of drug-likeness (QED) is 0.221. The van der Waals surface area contributed by atoms with Gasteiger partial charge in [-0.3, -0.25) is 9.62 Å². The predicted octanol–water partition coefficient (Wildman–Crippen LogP) is 6.69. The number of hydrogen-bond donors (Lipinski definition) is 1. The van der Waals surface area contributed by atoms with E-state index in [0.29, 0.717) is 21.7 Å². The third kappa shape index (κ3) is 9.42. The number of nitriles is 2. The number of piperazine rings is 1. The molecule has 1 saturated heterocycles. The molecule has 3 aromatic carbocycles. The number of aryl methyl sites for hydroxylation is 2. The second-order valence-corrected chi connectivity index (χ2v) is 17.8. The van der Waals surface area contributed by atoms with Crippen molar-refractivity contribution in [3.8, 4) is 12.1 Å². The molecule has 0 bridgehead atoms. The molecular formula is C38H49N5O4S2. The van der Waals surface area contributed by atoms with Crippen LogP contribution in [-0.2, 0) is 26.3 Å². The van der Waals surface area contributed by atoms with Gasteiger partial charge in [-0.15, -0.1) is 0 Å². The fourth-order valence-electron chi connectivity index (χ4n) is 6.91. The van der Waals surface area contributed by atoms with Gasteiger partial charge in [-0.25, -0.2) is 16.8 Å². The molecule has 0 aliphatic carbocycles. The summed E-state index contributed by atoms with van der Waals surface area (Å²) in [6.45, 7) is 15.8. The van der Waals surface area contributed by atoms with E-state index in [1.165, 1.54) is 17.4 Å². The summed E-state index contributed by atoms with van der Waals surface area (Å²) in [5.74, 6) is 0.519. The van der Waals surface area contributed by atoms with Crippen molar-refractivity contribution < 1.29 is 16.8 Å². The van der Waals surface area contributed by atoms with Crippen LogP contribution in [0.25, 0.3) is 0 Å². The zero-order valence-electron chi connectivity index (χ0n) is 29.9. The first-order valence-electron chi connectivity index (χ1n) is 16.8. The van der Waals surface area contributed by atoms with Crippen LogP contribution in [0, 0.1) is 29.6 Å². The monoisotopic (exact) mass is 703 g/mol. The third-order valence-electron chi connectivity index (χ3n) is 9.67. The summed E-state index contributed by atoms with van der Waals surface area (Å²) in [4.78, 5) is 5.10. The minimum absolute atomic E-state index is 0.111. The van der Waals surface area contributed by atoms with Crippen LogP contribution in [0.1, 0.15) is 97.7 Å². The van der Waals surface area contributed by atoms with Gasteiger partial charge in [0.25, 0.3) is 0 Å². The van der Waals surface area contributed by atoms with E-state index in [0.717, 1.165) is 67.7 Å². The number of sulfonamides is 1. The summed E-state index contributed by atoms with van der Waals surface area (Å²) >= 11 is 0. The Morgan fingerprint density at radius 1 is 0.898 bits per heavy atom. The van der Waals surface area contributed by atoms with Gasteiger partial charge in [-0.1, -0.05) is 39.8 Å². The fraction of sp³-hybridized carbons (Fsp3) is 0.474. The van der Waals surface area contributed by atoms with Gasteiger partial charge in [-0.05, 0) is 109 Å². The van der Waals surface area contributed by atoms with Crippen LogP contribution in [0.5, 0.6) is 0 Å². The van der Waals surface area contributed by atoms with Crippen molar-refractivity contribution in [3.05, 3.63) is 87.5 Å². The van der Waals surface area contributed by atoms with Crippen molar-refractivity contribution in [2.24, 2.45) is 0 Å². The normalized spacial score (nSPS) is 17.0. The van der Waals surface area contributed by atoms with E-state index in [4.69, 9.17) is 0 Å². The van der Waals surface area contributed by atoms with Crippen molar-refractivity contribution in [2.75, 3.05) is 48.3 Å². The van der Waals surface area contributed by atoms with Crippen molar-refractivity contribution in [1.29, 1.82) is 10.5 Å². The molecule has 0 saturated carbocycles. The lowest BCUT2D eigenvalue weighted by Crippen LogP contribution is -2.53. The van der Waals surface area contributed by atoms with Crippen LogP contribution in [-0.4, -0.2) is 66.5 Å². The van der Waals surface area contributed by atoms with Gasteiger partial charge < -0.3 is 4.90 Å². The molecular weight excluding hydrogens is 655 g/mol. The Hall–Kier alpha value is -3.90. The van der Waals surface area contributed by atoms with E-state index in [1.807, 2.05) is 19.1 Å². The molecule has 1 aliphatic heterocycles. The van der Waals surface area contributed by atoms with Crippen LogP contribution >= 0.6 is 0 Å². The van der Waals surface area contributed by atoms with Gasteiger partial charge in [0.05, 0.1) is 33.7 Å². The molecule has 262 valence electrons. The Labute approximate surface area is 293 Å². The number of hydrogen-bond acceptors (Lipinski definition) is 8. The predicted molar refractivity (Wildman–Crippen MR) is 198 cm³/mol. The summed E-state index contributed by atoms with van der Waals surface area (Å²) in [6.07, 6.45) is 3.97. The zero-order chi connectivity index (χ0) is 36.3. The fourth-order valence-corrected chi connectivity index (χ4v) is 8.16. The Kier molecular flexibility index (Phi) is 11.9. The van der Waals surface area contributed by atoms with Crippen LogP contribution in [0.4, 0.5) is 11.4 Å². The Morgan fingerprint density at radius 2 is 1.57 bits per heavy atom. The van der Waals surface area contributed by atoms with Crippen molar-refractivity contribution in [3.63, 3.8) is 0 Å². The molecule has 1 N–H and O–H groups in total. The largest absolute Gasteiger partial charge is 0.368 e. The first-order chi connectivity index (χ1) is 22.9. The number of nitrogens with one attached hydrogen (secondary N) is 1. The summed E-state index contributed by atoms with van der Waals surface area (Å²) in [7, 11) is -6.79. The van der Waals surface area contributed by atoms with Crippen molar-refractivity contribution >= 4 is 31.2 Å². The summed E-state index contributed by atoms with van der Waals surface area (Å²) in [5, 5.41) is 19.9. The molecule has 3 atom stereocenters. The second-order valence-electron chi connectivity index (χ2n) is 14.1. The van der Waals surface area contributed by atoms with E-state index >= 15 is 0 Å². The highest BCUT2D eigenvalue weighted by atomic mass is 32.2. The number of rotatable bonds is 12. The van der Waals surface area contributed by atoms with Gasteiger partial charge >= 0.3 is 0 Å². The molecule has 1 aliphatic rings. The number of benzene rings is 3. The second kappa shape index (κ2) is 15.3. The summed E-state index contributed by atoms with van der Waals surface area (Å²) in [6, 6.07) is 19.8. The maximum absolute atomic E-state index is 12.1. The molecule has 4 rings (SSSR count).